The zero-order valence-corrected chi connectivity index (χ0v) is 23.3. The normalized spacial score (nSPS) is 11.5. The van der Waals surface area contributed by atoms with Crippen LogP contribution in [0, 0.1) is 12.7 Å². The van der Waals surface area contributed by atoms with Gasteiger partial charge in [-0.25, -0.2) is 12.8 Å². The van der Waals surface area contributed by atoms with E-state index in [0.717, 1.165) is 20.3 Å². The number of thiophene rings is 1. The number of halogens is 1. The van der Waals surface area contributed by atoms with Crippen molar-refractivity contribution in [2.45, 2.75) is 38.3 Å². The molecule has 204 valence electrons. The number of sulfonamides is 1. The molecule has 0 aliphatic heterocycles. The van der Waals surface area contributed by atoms with Crippen molar-refractivity contribution in [3.05, 3.63) is 81.8 Å². The Morgan fingerprint density at radius 1 is 1.03 bits per heavy atom. The smallest absolute Gasteiger partial charge is 0.243 e. The van der Waals surface area contributed by atoms with Crippen molar-refractivity contribution in [3.63, 3.8) is 0 Å². The van der Waals surface area contributed by atoms with Gasteiger partial charge >= 0.3 is 0 Å². The van der Waals surface area contributed by atoms with Crippen molar-refractivity contribution in [1.82, 2.24) is 9.21 Å². The van der Waals surface area contributed by atoms with Crippen LogP contribution in [0.2, 0.25) is 0 Å². The molecule has 11 heteroatoms. The number of anilines is 1. The summed E-state index contributed by atoms with van der Waals surface area (Å²) >= 11 is 1.52. The lowest BCUT2D eigenvalue weighted by Crippen LogP contribution is -2.43. The summed E-state index contributed by atoms with van der Waals surface area (Å²) < 4.78 is 46.9. The lowest BCUT2D eigenvalue weighted by atomic mass is 10.2. The van der Waals surface area contributed by atoms with E-state index < -0.39 is 10.0 Å². The molecule has 0 saturated carbocycles. The van der Waals surface area contributed by atoms with E-state index in [0.29, 0.717) is 25.3 Å². The lowest BCUT2D eigenvalue weighted by molar-refractivity contribution is -0.132. The van der Waals surface area contributed by atoms with Crippen molar-refractivity contribution < 1.29 is 27.1 Å². The number of nitrogens with one attached hydrogen (secondary N) is 1. The van der Waals surface area contributed by atoms with Crippen LogP contribution in [-0.4, -0.2) is 56.2 Å². The van der Waals surface area contributed by atoms with Gasteiger partial charge in [0.15, 0.2) is 0 Å². The number of hydrogen-bond acceptors (Lipinski definition) is 6. The number of benzene rings is 2. The molecule has 1 N–H and O–H groups in total. The molecule has 0 saturated heterocycles. The Bertz CT molecular complexity index is 1330. The van der Waals surface area contributed by atoms with E-state index in [1.807, 2.05) is 18.4 Å². The quantitative estimate of drug-likeness (QED) is 0.312. The second kappa shape index (κ2) is 13.6. The van der Waals surface area contributed by atoms with Crippen molar-refractivity contribution >= 4 is 38.9 Å². The Morgan fingerprint density at radius 3 is 2.29 bits per heavy atom. The number of nitrogens with zero attached hydrogens (tertiary/aromatic N) is 2. The van der Waals surface area contributed by atoms with Crippen LogP contribution in [0.5, 0.6) is 0 Å². The fourth-order valence-corrected chi connectivity index (χ4v) is 6.11. The Labute approximate surface area is 227 Å². The number of methoxy groups -OCH3 is 1. The van der Waals surface area contributed by atoms with Crippen LogP contribution < -0.4 is 5.32 Å². The number of aryl methyl sites for hydroxylation is 1. The first-order valence-corrected chi connectivity index (χ1v) is 14.3. The average Bonchev–Trinajstić information content (AvgIpc) is 3.28. The molecule has 1 heterocycles. The number of hydrogen-bond donors (Lipinski definition) is 1. The summed E-state index contributed by atoms with van der Waals surface area (Å²) in [6, 6.07) is 13.7. The maximum absolute atomic E-state index is 13.6. The highest BCUT2D eigenvalue weighted by atomic mass is 32.2. The van der Waals surface area contributed by atoms with Gasteiger partial charge in [-0.2, -0.15) is 4.31 Å². The Kier molecular flexibility index (Phi) is 10.5. The van der Waals surface area contributed by atoms with Gasteiger partial charge in [-0.05, 0) is 72.3 Å². The van der Waals surface area contributed by atoms with Crippen LogP contribution in [0.4, 0.5) is 10.1 Å². The predicted molar refractivity (Wildman–Crippen MR) is 146 cm³/mol. The van der Waals surface area contributed by atoms with E-state index in [1.54, 1.807) is 17.0 Å². The Balaban J connectivity index is 1.87. The van der Waals surface area contributed by atoms with Gasteiger partial charge in [0, 0.05) is 44.3 Å². The molecule has 0 spiro atoms. The second-order valence-electron chi connectivity index (χ2n) is 8.79. The van der Waals surface area contributed by atoms with Crippen molar-refractivity contribution in [1.29, 1.82) is 0 Å². The number of amides is 2. The van der Waals surface area contributed by atoms with E-state index in [2.05, 4.69) is 5.32 Å². The molecule has 0 unspecified atom stereocenters. The molecule has 0 atom stereocenters. The number of carbonyl (C=O) groups excluding carboxylic acids is 2. The summed E-state index contributed by atoms with van der Waals surface area (Å²) in [4.78, 5) is 27.5. The first-order valence-electron chi connectivity index (χ1n) is 12.0. The van der Waals surface area contributed by atoms with Gasteiger partial charge in [0.25, 0.3) is 0 Å². The highest BCUT2D eigenvalue weighted by Gasteiger charge is 2.29. The van der Waals surface area contributed by atoms with Gasteiger partial charge in [-0.1, -0.05) is 12.1 Å². The molecule has 0 bridgehead atoms. The SMILES string of the molecule is COCCCN(CC(=O)N(Cc1ccc(F)cc1)Cc1sccc1C)S(=O)(=O)c1ccc(NC(C)=O)cc1. The average molecular weight is 562 g/mol. The van der Waals surface area contributed by atoms with Gasteiger partial charge in [0.05, 0.1) is 18.0 Å². The van der Waals surface area contributed by atoms with Crippen LogP contribution in [0.3, 0.4) is 0 Å². The second-order valence-corrected chi connectivity index (χ2v) is 11.7. The molecule has 3 aromatic rings. The summed E-state index contributed by atoms with van der Waals surface area (Å²) in [5.41, 5.74) is 2.24. The molecular formula is C27H32FN3O5S2. The van der Waals surface area contributed by atoms with Gasteiger partial charge < -0.3 is 15.0 Å². The minimum atomic E-state index is -4.03. The molecule has 38 heavy (non-hydrogen) atoms. The monoisotopic (exact) mass is 561 g/mol. The largest absolute Gasteiger partial charge is 0.385 e. The number of carbonyl (C=O) groups is 2. The van der Waals surface area contributed by atoms with Crippen molar-refractivity contribution in [3.8, 4) is 0 Å². The molecule has 0 radical (unpaired) electrons. The molecule has 8 nitrogen and oxygen atoms in total. The molecule has 2 amide bonds. The maximum atomic E-state index is 13.6. The van der Waals surface area contributed by atoms with Crippen LogP contribution in [0.1, 0.15) is 29.3 Å². The minimum absolute atomic E-state index is 0.0102. The maximum Gasteiger partial charge on any atom is 0.243 e. The molecule has 2 aromatic carbocycles. The van der Waals surface area contributed by atoms with E-state index in [-0.39, 0.29) is 42.2 Å². The zero-order valence-electron chi connectivity index (χ0n) is 21.6. The summed E-state index contributed by atoms with van der Waals surface area (Å²) in [6.45, 7) is 3.87. The molecule has 0 aliphatic carbocycles. The molecule has 0 aliphatic rings. The zero-order chi connectivity index (χ0) is 27.7. The summed E-state index contributed by atoms with van der Waals surface area (Å²) in [7, 11) is -2.51. The Morgan fingerprint density at radius 2 is 1.71 bits per heavy atom. The predicted octanol–water partition coefficient (Wildman–Crippen LogP) is 4.41. The first-order chi connectivity index (χ1) is 18.1. The molecule has 0 fully saturated rings. The van der Waals surface area contributed by atoms with E-state index in [9.17, 15) is 22.4 Å². The van der Waals surface area contributed by atoms with Gasteiger partial charge in [0.1, 0.15) is 5.82 Å². The van der Waals surface area contributed by atoms with E-state index >= 15 is 0 Å². The molecular weight excluding hydrogens is 529 g/mol. The summed E-state index contributed by atoms with van der Waals surface area (Å²) in [5, 5.41) is 4.55. The third-order valence-electron chi connectivity index (χ3n) is 5.82. The van der Waals surface area contributed by atoms with Crippen molar-refractivity contribution in [2.75, 3.05) is 32.1 Å². The van der Waals surface area contributed by atoms with Gasteiger partial charge in [0.2, 0.25) is 21.8 Å². The minimum Gasteiger partial charge on any atom is -0.385 e. The van der Waals surface area contributed by atoms with E-state index in [1.165, 1.54) is 61.8 Å². The highest BCUT2D eigenvalue weighted by molar-refractivity contribution is 7.89. The third kappa shape index (κ3) is 8.19. The van der Waals surface area contributed by atoms with Crippen LogP contribution in [0.15, 0.2) is 64.9 Å². The highest BCUT2D eigenvalue weighted by Crippen LogP contribution is 2.22. The summed E-state index contributed by atoms with van der Waals surface area (Å²) in [6.07, 6.45) is 0.398. The molecule has 1 aromatic heterocycles. The lowest BCUT2D eigenvalue weighted by Gasteiger charge is -2.27. The third-order valence-corrected chi connectivity index (χ3v) is 8.69. The first kappa shape index (κ1) is 29.4. The summed E-state index contributed by atoms with van der Waals surface area (Å²) in [5.74, 6) is -1.02. The van der Waals surface area contributed by atoms with Crippen LogP contribution in [0.25, 0.3) is 0 Å². The van der Waals surface area contributed by atoms with E-state index in [4.69, 9.17) is 4.74 Å². The Hall–Kier alpha value is -3.12. The van der Waals surface area contributed by atoms with Crippen molar-refractivity contribution in [2.24, 2.45) is 0 Å². The van der Waals surface area contributed by atoms with Gasteiger partial charge in [-0.3, -0.25) is 9.59 Å². The standard InChI is InChI=1S/C27H32FN3O5S2/c1-20-13-16-37-26(20)18-30(17-22-5-7-23(28)8-6-22)27(33)19-31(14-4-15-36-3)38(34,35)25-11-9-24(10-12-25)29-21(2)32/h5-13,16H,4,14-15,17-19H2,1-3H3,(H,29,32). The van der Waals surface area contributed by atoms with Crippen LogP contribution >= 0.6 is 11.3 Å². The fraction of sp³-hybridized carbons (Fsp3) is 0.333. The number of ether oxygens (including phenoxy) is 1. The number of rotatable bonds is 13. The van der Waals surface area contributed by atoms with Gasteiger partial charge in [-0.15, -0.1) is 11.3 Å². The van der Waals surface area contributed by atoms with Crippen LogP contribution in [-0.2, 0) is 37.4 Å². The topological polar surface area (TPSA) is 96.0 Å². The molecule has 3 rings (SSSR count). The fourth-order valence-electron chi connectivity index (χ4n) is 3.76.